The van der Waals surface area contributed by atoms with Gasteiger partial charge < -0.3 is 20.9 Å². The largest absolute Gasteiger partial charge is 0.326 e. The standard InChI is InChI=1S/C30H36N4O4.CH3I/c35-27(12-9-20-6-2-3-14-31-20)32-21-7-10-23-25(18-21)29(37)24-11-8-22(19-26(24)30(23)38)33-28(36)13-17-34-15-4-1-5-16-34;1-2/h7-8,10-11,18-20,31H,1-6,9,12-17H2,(H,32,35)(H,33,36);1H3. The number of halogens is 1. The highest BCUT2D eigenvalue weighted by atomic mass is 127. The highest BCUT2D eigenvalue weighted by Crippen LogP contribution is 2.31. The number of likely N-dealkylation sites (tertiary alicyclic amines) is 1. The fourth-order valence-electron chi connectivity index (χ4n) is 5.67. The van der Waals surface area contributed by atoms with Gasteiger partial charge in [0.25, 0.3) is 0 Å². The van der Waals surface area contributed by atoms with Crippen molar-refractivity contribution in [1.29, 1.82) is 0 Å². The molecule has 2 aromatic carbocycles. The smallest absolute Gasteiger partial charge is 0.225 e. The molecule has 0 spiro atoms. The number of carbonyl (C=O) groups excluding carboxylic acids is 4. The van der Waals surface area contributed by atoms with E-state index in [9.17, 15) is 19.2 Å². The molecular weight excluding hydrogens is 619 g/mol. The van der Waals surface area contributed by atoms with Crippen LogP contribution < -0.4 is 16.0 Å². The lowest BCUT2D eigenvalue weighted by Gasteiger charge is -2.26. The number of piperidine rings is 2. The number of hydrogen-bond donors (Lipinski definition) is 3. The van der Waals surface area contributed by atoms with E-state index in [4.69, 9.17) is 0 Å². The molecule has 40 heavy (non-hydrogen) atoms. The van der Waals surface area contributed by atoms with Gasteiger partial charge in [0.15, 0.2) is 11.6 Å². The lowest BCUT2D eigenvalue weighted by atomic mass is 9.83. The molecule has 2 heterocycles. The summed E-state index contributed by atoms with van der Waals surface area (Å²) in [5, 5.41) is 9.20. The number of fused-ring (bicyclic) bond motifs is 2. The third kappa shape index (κ3) is 7.76. The summed E-state index contributed by atoms with van der Waals surface area (Å²) >= 11 is 2.15. The highest BCUT2D eigenvalue weighted by molar-refractivity contribution is 14.1. The zero-order valence-corrected chi connectivity index (χ0v) is 25.3. The van der Waals surface area contributed by atoms with E-state index in [1.807, 2.05) is 4.93 Å². The van der Waals surface area contributed by atoms with Gasteiger partial charge in [0.05, 0.1) is 0 Å². The molecule has 0 radical (unpaired) electrons. The van der Waals surface area contributed by atoms with Crippen LogP contribution >= 0.6 is 22.6 Å². The van der Waals surface area contributed by atoms with Crippen LogP contribution in [0.3, 0.4) is 0 Å². The summed E-state index contributed by atoms with van der Waals surface area (Å²) in [6.45, 7) is 3.79. The van der Waals surface area contributed by atoms with Gasteiger partial charge in [-0.25, -0.2) is 0 Å². The number of benzene rings is 2. The lowest BCUT2D eigenvalue weighted by Crippen LogP contribution is -2.34. The van der Waals surface area contributed by atoms with Crippen molar-refractivity contribution in [3.63, 3.8) is 0 Å². The molecule has 8 nitrogen and oxygen atoms in total. The van der Waals surface area contributed by atoms with Crippen molar-refractivity contribution in [3.05, 3.63) is 58.7 Å². The number of amides is 2. The van der Waals surface area contributed by atoms with E-state index in [0.29, 0.717) is 41.4 Å². The molecule has 2 fully saturated rings. The number of hydrogen-bond acceptors (Lipinski definition) is 6. The minimum Gasteiger partial charge on any atom is -0.326 e. The Bertz CT molecular complexity index is 1140. The van der Waals surface area contributed by atoms with Crippen molar-refractivity contribution in [3.8, 4) is 0 Å². The zero-order valence-electron chi connectivity index (χ0n) is 23.2. The van der Waals surface area contributed by atoms with Gasteiger partial charge in [-0.2, -0.15) is 0 Å². The second-order valence-electron chi connectivity index (χ2n) is 10.6. The van der Waals surface area contributed by atoms with E-state index in [0.717, 1.165) is 39.0 Å². The molecule has 2 amide bonds. The number of rotatable bonds is 8. The summed E-state index contributed by atoms with van der Waals surface area (Å²) in [6, 6.07) is 10.1. The Morgan fingerprint density at radius 2 is 1.38 bits per heavy atom. The number of anilines is 2. The molecule has 0 bridgehead atoms. The Hall–Kier alpha value is -2.63. The van der Waals surface area contributed by atoms with Gasteiger partial charge in [0.2, 0.25) is 11.8 Å². The van der Waals surface area contributed by atoms with Gasteiger partial charge in [-0.05, 0) is 93.1 Å². The molecule has 5 rings (SSSR count). The maximum Gasteiger partial charge on any atom is 0.225 e. The maximum atomic E-state index is 13.3. The summed E-state index contributed by atoms with van der Waals surface area (Å²) in [6.07, 6.45) is 8.63. The monoisotopic (exact) mass is 658 g/mol. The maximum absolute atomic E-state index is 13.3. The minimum absolute atomic E-state index is 0.104. The van der Waals surface area contributed by atoms with Gasteiger partial charge in [0.1, 0.15) is 0 Å². The average Bonchev–Trinajstić information content (AvgIpc) is 3.00. The van der Waals surface area contributed by atoms with Crippen molar-refractivity contribution in [1.82, 2.24) is 10.2 Å². The van der Waals surface area contributed by atoms with Gasteiger partial charge >= 0.3 is 0 Å². The normalized spacial score (nSPS) is 18.6. The summed E-state index contributed by atoms with van der Waals surface area (Å²) < 4.78 is 0. The second-order valence-corrected chi connectivity index (χ2v) is 10.6. The Morgan fingerprint density at radius 3 is 1.93 bits per heavy atom. The fraction of sp³-hybridized carbons (Fsp3) is 0.484. The van der Waals surface area contributed by atoms with Crippen LogP contribution in [-0.4, -0.2) is 65.4 Å². The number of carbonyl (C=O) groups is 4. The van der Waals surface area contributed by atoms with Crippen LogP contribution in [0.4, 0.5) is 11.4 Å². The van der Waals surface area contributed by atoms with Crippen molar-refractivity contribution < 1.29 is 19.2 Å². The van der Waals surface area contributed by atoms with Crippen molar-refractivity contribution in [2.45, 2.75) is 63.8 Å². The highest BCUT2D eigenvalue weighted by Gasteiger charge is 2.30. The third-order valence-electron chi connectivity index (χ3n) is 7.82. The zero-order chi connectivity index (χ0) is 28.5. The SMILES string of the molecule is CI.O=C(CCC1CCCCN1)Nc1ccc2c(c1)C(=O)c1ccc(NC(=O)CCN3CCCCC3)cc1C2=O. The van der Waals surface area contributed by atoms with E-state index < -0.39 is 0 Å². The first-order valence-electron chi connectivity index (χ1n) is 14.3. The summed E-state index contributed by atoms with van der Waals surface area (Å²) in [4.78, 5) is 55.8. The van der Waals surface area contributed by atoms with Crippen LogP contribution in [-0.2, 0) is 9.59 Å². The first kappa shape index (κ1) is 30.3. The van der Waals surface area contributed by atoms with Gasteiger partial charge in [-0.3, -0.25) is 19.2 Å². The van der Waals surface area contributed by atoms with Gasteiger partial charge in [-0.1, -0.05) is 35.4 Å². The molecule has 1 aliphatic carbocycles. The molecule has 1 unspecified atom stereocenters. The summed E-state index contributed by atoms with van der Waals surface area (Å²) in [7, 11) is 0. The van der Waals surface area contributed by atoms with E-state index in [1.165, 1.54) is 32.1 Å². The van der Waals surface area contributed by atoms with Crippen molar-refractivity contribution in [2.24, 2.45) is 0 Å². The Balaban J connectivity index is 0.00000181. The molecule has 0 saturated carbocycles. The first-order valence-corrected chi connectivity index (χ1v) is 16.4. The van der Waals surface area contributed by atoms with Crippen LogP contribution in [0, 0.1) is 0 Å². The quantitative estimate of drug-likeness (QED) is 0.227. The minimum atomic E-state index is -0.264. The van der Waals surface area contributed by atoms with Crippen LogP contribution in [0.1, 0.15) is 89.6 Å². The summed E-state index contributed by atoms with van der Waals surface area (Å²) in [5.41, 5.74) is 2.20. The number of nitrogens with zero attached hydrogens (tertiary/aromatic N) is 1. The fourth-order valence-corrected chi connectivity index (χ4v) is 5.67. The van der Waals surface area contributed by atoms with Crippen LogP contribution in [0.25, 0.3) is 0 Å². The number of nitrogens with one attached hydrogen (secondary N) is 3. The second kappa shape index (κ2) is 14.8. The van der Waals surface area contributed by atoms with Crippen LogP contribution in [0.15, 0.2) is 36.4 Å². The Labute approximate surface area is 250 Å². The molecule has 3 aliphatic rings. The Morgan fingerprint density at radius 1 is 0.800 bits per heavy atom. The Kier molecular flexibility index (Phi) is 11.3. The van der Waals surface area contributed by atoms with Crippen molar-refractivity contribution in [2.75, 3.05) is 41.7 Å². The predicted molar refractivity (Wildman–Crippen MR) is 167 cm³/mol. The van der Waals surface area contributed by atoms with E-state index in [-0.39, 0.29) is 34.5 Å². The molecule has 2 aromatic rings. The van der Waals surface area contributed by atoms with E-state index in [1.54, 1.807) is 36.4 Å². The molecule has 0 aromatic heterocycles. The molecule has 214 valence electrons. The van der Waals surface area contributed by atoms with Crippen LogP contribution in [0.2, 0.25) is 0 Å². The molecule has 2 aliphatic heterocycles. The topological polar surface area (TPSA) is 108 Å². The first-order chi connectivity index (χ1) is 19.5. The molecule has 3 N–H and O–H groups in total. The number of alkyl halides is 1. The number of ketones is 2. The van der Waals surface area contributed by atoms with Gasteiger partial charge in [0, 0.05) is 59.1 Å². The van der Waals surface area contributed by atoms with Gasteiger partial charge in [-0.15, -0.1) is 0 Å². The van der Waals surface area contributed by atoms with E-state index in [2.05, 4.69) is 43.4 Å². The molecular formula is C31H39IN4O4. The molecule has 2 saturated heterocycles. The third-order valence-corrected chi connectivity index (χ3v) is 7.82. The summed E-state index contributed by atoms with van der Waals surface area (Å²) in [5.74, 6) is -0.738. The molecule has 9 heteroatoms. The van der Waals surface area contributed by atoms with E-state index >= 15 is 0 Å². The molecule has 1 atom stereocenters. The van der Waals surface area contributed by atoms with Crippen molar-refractivity contribution >= 4 is 57.3 Å². The lowest BCUT2D eigenvalue weighted by molar-refractivity contribution is -0.117. The predicted octanol–water partition coefficient (Wildman–Crippen LogP) is 5.19. The average molecular weight is 659 g/mol. The van der Waals surface area contributed by atoms with Crippen LogP contribution in [0.5, 0.6) is 0 Å².